The van der Waals surface area contributed by atoms with Crippen LogP contribution in [0.2, 0.25) is 0 Å². The van der Waals surface area contributed by atoms with Crippen LogP contribution in [0, 0.1) is 0 Å². The van der Waals surface area contributed by atoms with E-state index in [-0.39, 0.29) is 25.4 Å². The van der Waals surface area contributed by atoms with Crippen LogP contribution < -0.4 is 15.6 Å². The minimum atomic E-state index is -3.68. The molecule has 10 heteroatoms. The Bertz CT molecular complexity index is 656. The number of phosphoric acid groups is 1. The van der Waals surface area contributed by atoms with Crippen molar-refractivity contribution in [3.8, 4) is 5.75 Å². The van der Waals surface area contributed by atoms with Crippen LogP contribution in [0.5, 0.6) is 5.75 Å². The Balaban J connectivity index is 2.64. The van der Waals surface area contributed by atoms with E-state index in [4.69, 9.17) is 19.3 Å². The molecule has 4 N–H and O–H groups in total. The van der Waals surface area contributed by atoms with Gasteiger partial charge in [-0.3, -0.25) is 13.8 Å². The number of carbonyl (C=O) groups excluding carboxylic acids is 1. The fourth-order valence-electron chi connectivity index (χ4n) is 2.38. The van der Waals surface area contributed by atoms with Crippen LogP contribution in [0.4, 0.5) is 0 Å². The first-order valence-electron chi connectivity index (χ1n) is 9.23. The van der Waals surface area contributed by atoms with E-state index in [0.717, 1.165) is 0 Å². The lowest BCUT2D eigenvalue weighted by Crippen LogP contribution is -2.41. The van der Waals surface area contributed by atoms with Crippen molar-refractivity contribution in [2.45, 2.75) is 45.6 Å². The van der Waals surface area contributed by atoms with Gasteiger partial charge in [-0.1, -0.05) is 12.1 Å². The average molecular weight is 416 g/mol. The normalized spacial score (nSPS) is 12.4. The fourth-order valence-corrected chi connectivity index (χ4v) is 3.58. The number of carbonyl (C=O) groups is 2. The van der Waals surface area contributed by atoms with Crippen molar-refractivity contribution in [2.24, 2.45) is 5.73 Å². The fraction of sp³-hybridized carbons (Fsp3) is 0.556. The summed E-state index contributed by atoms with van der Waals surface area (Å²) in [5.41, 5.74) is 6.05. The van der Waals surface area contributed by atoms with E-state index in [9.17, 15) is 19.3 Å². The molecule has 0 aliphatic carbocycles. The molecule has 28 heavy (non-hydrogen) atoms. The maximum absolute atomic E-state index is 12.3. The molecule has 1 aromatic carbocycles. The highest BCUT2D eigenvalue weighted by atomic mass is 31.2. The van der Waals surface area contributed by atoms with E-state index in [0.29, 0.717) is 31.4 Å². The lowest BCUT2D eigenvalue weighted by Gasteiger charge is -2.17. The number of nitrogens with one attached hydrogen (secondary N) is 1. The van der Waals surface area contributed by atoms with Crippen LogP contribution in [0.1, 0.15) is 38.7 Å². The van der Waals surface area contributed by atoms with Crippen LogP contribution in [0.25, 0.3) is 0 Å². The molecule has 0 spiro atoms. The second-order valence-corrected chi connectivity index (χ2v) is 7.53. The predicted octanol–water partition coefficient (Wildman–Crippen LogP) is 2.49. The van der Waals surface area contributed by atoms with Gasteiger partial charge in [-0.25, -0.2) is 9.36 Å². The summed E-state index contributed by atoms with van der Waals surface area (Å²) in [4.78, 5) is 23.4. The molecule has 0 heterocycles. The maximum atomic E-state index is 12.3. The molecule has 0 radical (unpaired) electrons. The third-order valence-electron chi connectivity index (χ3n) is 3.66. The standard InChI is InChI=1S/C18H29N2O7P/c1-3-25-28(24,26-4-2)27-15-10-8-14(9-11-15)13-17(21)20-16(18(22)23)7-5-6-12-19/h8-11,16H,3-7,12-13,19H2,1-2H3,(H,20,21)(H,22,23)/t16-/m0/s1. The number of unbranched alkanes of at least 4 members (excludes halogenated alkanes) is 1. The van der Waals surface area contributed by atoms with Gasteiger partial charge in [0.1, 0.15) is 11.8 Å². The van der Waals surface area contributed by atoms with Gasteiger partial charge in [0.15, 0.2) is 0 Å². The molecule has 0 aliphatic heterocycles. The van der Waals surface area contributed by atoms with Gasteiger partial charge >= 0.3 is 13.8 Å². The van der Waals surface area contributed by atoms with E-state index in [1.165, 1.54) is 0 Å². The zero-order valence-electron chi connectivity index (χ0n) is 16.3. The Labute approximate surface area is 165 Å². The summed E-state index contributed by atoms with van der Waals surface area (Å²) in [7, 11) is -3.68. The lowest BCUT2D eigenvalue weighted by molar-refractivity contribution is -0.142. The van der Waals surface area contributed by atoms with Crippen LogP contribution in [0.15, 0.2) is 24.3 Å². The van der Waals surface area contributed by atoms with Gasteiger partial charge in [0.05, 0.1) is 19.6 Å². The maximum Gasteiger partial charge on any atom is 0.530 e. The highest BCUT2D eigenvalue weighted by Gasteiger charge is 2.27. The van der Waals surface area contributed by atoms with E-state index in [2.05, 4.69) is 5.32 Å². The quantitative estimate of drug-likeness (QED) is 0.311. The first-order chi connectivity index (χ1) is 13.3. The average Bonchev–Trinajstić information content (AvgIpc) is 2.63. The number of aliphatic carboxylic acids is 1. The van der Waals surface area contributed by atoms with E-state index < -0.39 is 25.7 Å². The van der Waals surface area contributed by atoms with Crippen LogP contribution in [-0.4, -0.2) is 42.8 Å². The molecule has 0 unspecified atom stereocenters. The van der Waals surface area contributed by atoms with Gasteiger partial charge in [0.2, 0.25) is 5.91 Å². The van der Waals surface area contributed by atoms with E-state index >= 15 is 0 Å². The summed E-state index contributed by atoms with van der Waals surface area (Å²) < 4.78 is 27.8. The summed E-state index contributed by atoms with van der Waals surface area (Å²) in [6.07, 6.45) is 1.67. The molecule has 1 atom stereocenters. The Hall–Kier alpha value is -1.93. The molecule has 1 rings (SSSR count). The van der Waals surface area contributed by atoms with Gasteiger partial charge < -0.3 is 20.7 Å². The highest BCUT2D eigenvalue weighted by molar-refractivity contribution is 7.48. The molecule has 0 fully saturated rings. The van der Waals surface area contributed by atoms with Crippen molar-refractivity contribution in [2.75, 3.05) is 19.8 Å². The second-order valence-electron chi connectivity index (χ2n) is 5.94. The number of amides is 1. The minimum Gasteiger partial charge on any atom is -0.480 e. The summed E-state index contributed by atoms with van der Waals surface area (Å²) in [6, 6.07) is 5.40. The van der Waals surface area contributed by atoms with E-state index in [1.807, 2.05) is 0 Å². The number of phosphoric ester groups is 1. The van der Waals surface area contributed by atoms with Gasteiger partial charge in [0, 0.05) is 0 Å². The van der Waals surface area contributed by atoms with Crippen molar-refractivity contribution in [1.82, 2.24) is 5.32 Å². The zero-order valence-corrected chi connectivity index (χ0v) is 17.2. The summed E-state index contributed by atoms with van der Waals surface area (Å²) in [6.45, 7) is 4.18. The molecule has 0 bridgehead atoms. The minimum absolute atomic E-state index is 0.00945. The smallest absolute Gasteiger partial charge is 0.480 e. The zero-order chi connectivity index (χ0) is 21.0. The molecular formula is C18H29N2O7P. The van der Waals surface area contributed by atoms with Crippen LogP contribution in [0.3, 0.4) is 0 Å². The Morgan fingerprint density at radius 2 is 1.75 bits per heavy atom. The monoisotopic (exact) mass is 416 g/mol. The van der Waals surface area contributed by atoms with Crippen LogP contribution >= 0.6 is 7.82 Å². The summed E-state index contributed by atoms with van der Waals surface area (Å²) in [5, 5.41) is 11.7. The molecule has 9 nitrogen and oxygen atoms in total. The van der Waals surface area contributed by atoms with Crippen LogP contribution in [-0.2, 0) is 29.6 Å². The number of nitrogens with two attached hydrogens (primary N) is 1. The second kappa shape index (κ2) is 12.5. The Morgan fingerprint density at radius 1 is 1.14 bits per heavy atom. The van der Waals surface area contributed by atoms with Gasteiger partial charge in [-0.05, 0) is 57.4 Å². The number of carboxylic acids is 1. The molecule has 0 aliphatic rings. The molecule has 0 saturated carbocycles. The Morgan fingerprint density at radius 3 is 2.25 bits per heavy atom. The lowest BCUT2D eigenvalue weighted by atomic mass is 10.1. The van der Waals surface area contributed by atoms with E-state index in [1.54, 1.807) is 38.1 Å². The molecule has 1 aromatic rings. The number of hydrogen-bond donors (Lipinski definition) is 3. The SMILES string of the molecule is CCOP(=O)(OCC)Oc1ccc(CC(=O)N[C@@H](CCCCN)C(=O)O)cc1. The predicted molar refractivity (Wildman–Crippen MR) is 104 cm³/mol. The summed E-state index contributed by atoms with van der Waals surface area (Å²) in [5.74, 6) is -1.19. The molecule has 1 amide bonds. The van der Waals surface area contributed by atoms with Crippen molar-refractivity contribution in [3.63, 3.8) is 0 Å². The van der Waals surface area contributed by atoms with Gasteiger partial charge in [-0.2, -0.15) is 0 Å². The first-order valence-corrected chi connectivity index (χ1v) is 10.7. The van der Waals surface area contributed by atoms with Crippen molar-refractivity contribution in [3.05, 3.63) is 29.8 Å². The third kappa shape index (κ3) is 8.84. The number of hydrogen-bond acceptors (Lipinski definition) is 7. The third-order valence-corrected chi connectivity index (χ3v) is 5.24. The largest absolute Gasteiger partial charge is 0.530 e. The van der Waals surface area contributed by atoms with Crippen molar-refractivity contribution >= 4 is 19.7 Å². The Kier molecular flexibility index (Phi) is 10.8. The number of benzene rings is 1. The molecule has 0 aromatic heterocycles. The van der Waals surface area contributed by atoms with Crippen molar-refractivity contribution in [1.29, 1.82) is 0 Å². The number of rotatable bonds is 14. The highest BCUT2D eigenvalue weighted by Crippen LogP contribution is 2.49. The molecule has 0 saturated heterocycles. The van der Waals surface area contributed by atoms with Gasteiger partial charge in [-0.15, -0.1) is 0 Å². The van der Waals surface area contributed by atoms with Crippen molar-refractivity contribution < 1.29 is 32.8 Å². The topological polar surface area (TPSA) is 137 Å². The molecule has 158 valence electrons. The summed E-state index contributed by atoms with van der Waals surface area (Å²) >= 11 is 0. The van der Waals surface area contributed by atoms with Gasteiger partial charge in [0.25, 0.3) is 0 Å². The first kappa shape index (κ1) is 24.1. The number of carboxylic acid groups (broad SMARTS) is 1. The molecular weight excluding hydrogens is 387 g/mol.